The van der Waals surface area contributed by atoms with E-state index >= 15 is 0 Å². The molecule has 4 aliphatic heterocycles. The van der Waals surface area contributed by atoms with Gasteiger partial charge in [0.05, 0.1) is 49.1 Å². The van der Waals surface area contributed by atoms with Crippen LogP contribution < -0.4 is 39.9 Å². The molecule has 5 heterocycles. The number of halogens is 1. The fourth-order valence-corrected chi connectivity index (χ4v) is 11.3. The first kappa shape index (κ1) is 55.2. The Morgan fingerprint density at radius 2 is 1.55 bits per heavy atom. The third kappa shape index (κ3) is 14.0. The van der Waals surface area contributed by atoms with Gasteiger partial charge < -0.3 is 39.5 Å². The van der Waals surface area contributed by atoms with Gasteiger partial charge in [0.2, 0.25) is 27.8 Å². The molecule has 1 unspecified atom stereocenters. The van der Waals surface area contributed by atoms with Crippen molar-refractivity contribution >= 4 is 79.7 Å². The van der Waals surface area contributed by atoms with Crippen LogP contribution in [0.3, 0.4) is 0 Å². The zero-order valence-corrected chi connectivity index (χ0v) is 46.0. The summed E-state index contributed by atoms with van der Waals surface area (Å²) in [7, 11) is -0.441. The van der Waals surface area contributed by atoms with Gasteiger partial charge in [0.15, 0.2) is 5.82 Å². The van der Waals surface area contributed by atoms with E-state index in [1.165, 1.54) is 13.3 Å². The monoisotopic (exact) mass is 1070 g/mol. The van der Waals surface area contributed by atoms with Crippen molar-refractivity contribution in [1.82, 2.24) is 30.0 Å². The molecular weight excluding hydrogens is 998 g/mol. The Labute approximate surface area is 447 Å². The van der Waals surface area contributed by atoms with E-state index < -0.39 is 15.6 Å². The average molecular weight is 1070 g/mol. The highest BCUT2D eigenvalue weighted by molar-refractivity contribution is 7.92. The molecule has 3 amide bonds. The molecule has 4 aromatic rings. The Morgan fingerprint density at radius 1 is 0.840 bits per heavy atom. The maximum atomic E-state index is 13.8. The van der Waals surface area contributed by atoms with Crippen molar-refractivity contribution in [2.24, 2.45) is 0 Å². The smallest absolute Gasteiger partial charge is 0.410 e. The Kier molecular flexibility index (Phi) is 17.9. The number of sulfonamides is 1. The van der Waals surface area contributed by atoms with Crippen LogP contribution in [0.1, 0.15) is 90.2 Å². The SMILES string of the molecule is CCc1cc(Nc2ncc(Cl)c(Nc3ccc(OC)cc3NS(=O)(=O)CC)n2)c(OC)cc1N1CCC(N2CCN(CCN(C(=O)OC(C)(C)C)C3CCN(c4ccc(C5CCC(=O)NC5=O)cc4)CC3)CC2)CC1. The zero-order chi connectivity index (χ0) is 53.4. The number of hydrogen-bond acceptors (Lipinski definition) is 16. The van der Waals surface area contributed by atoms with Crippen LogP contribution in [0.15, 0.2) is 60.8 Å². The van der Waals surface area contributed by atoms with Gasteiger partial charge in [-0.3, -0.25) is 29.4 Å². The number of amides is 3. The number of hydrogen-bond donors (Lipinski definition) is 4. The largest absolute Gasteiger partial charge is 0.497 e. The highest BCUT2D eigenvalue weighted by atomic mass is 35.5. The molecule has 75 heavy (non-hydrogen) atoms. The molecule has 4 N–H and O–H groups in total. The summed E-state index contributed by atoms with van der Waals surface area (Å²) in [6.45, 7) is 18.2. The number of benzene rings is 3. The molecule has 4 aliphatic rings. The molecule has 1 aromatic heterocycles. The van der Waals surface area contributed by atoms with E-state index in [-0.39, 0.29) is 58.1 Å². The minimum absolute atomic E-state index is 0.0698. The summed E-state index contributed by atoms with van der Waals surface area (Å²) in [5.41, 5.74) is 5.14. The van der Waals surface area contributed by atoms with Gasteiger partial charge in [-0.05, 0) is 108 Å². The number of carbonyl (C=O) groups is 3. The second-order valence-electron chi connectivity index (χ2n) is 20.7. The fourth-order valence-electron chi connectivity index (χ4n) is 10.5. The molecule has 3 aromatic carbocycles. The lowest BCUT2D eigenvalue weighted by Gasteiger charge is -2.44. The van der Waals surface area contributed by atoms with E-state index in [9.17, 15) is 22.8 Å². The van der Waals surface area contributed by atoms with Crippen molar-refractivity contribution in [2.75, 3.05) is 111 Å². The lowest BCUT2D eigenvalue weighted by atomic mass is 9.90. The maximum absolute atomic E-state index is 13.8. The van der Waals surface area contributed by atoms with Crippen molar-refractivity contribution in [3.05, 3.63) is 76.9 Å². The lowest BCUT2D eigenvalue weighted by molar-refractivity contribution is -0.134. The van der Waals surface area contributed by atoms with Crippen LogP contribution in [0.4, 0.5) is 45.0 Å². The van der Waals surface area contributed by atoms with Crippen molar-refractivity contribution < 1.29 is 37.0 Å². The van der Waals surface area contributed by atoms with E-state index in [0.717, 1.165) is 114 Å². The summed E-state index contributed by atoms with van der Waals surface area (Å²) in [5, 5.41) is 9.20. The van der Waals surface area contributed by atoms with Crippen molar-refractivity contribution in [1.29, 1.82) is 0 Å². The second kappa shape index (κ2) is 24.3. The zero-order valence-electron chi connectivity index (χ0n) is 44.4. The van der Waals surface area contributed by atoms with Gasteiger partial charge in [-0.2, -0.15) is 4.98 Å². The van der Waals surface area contributed by atoms with Gasteiger partial charge in [-0.1, -0.05) is 30.7 Å². The van der Waals surface area contributed by atoms with E-state index in [2.05, 4.69) is 81.4 Å². The topological polar surface area (TPSA) is 203 Å². The van der Waals surface area contributed by atoms with Crippen LogP contribution in [0.2, 0.25) is 5.02 Å². The van der Waals surface area contributed by atoms with Gasteiger partial charge in [0.25, 0.3) is 0 Å². The van der Waals surface area contributed by atoms with Crippen LogP contribution in [0.25, 0.3) is 0 Å². The minimum Gasteiger partial charge on any atom is -0.497 e. The standard InChI is InChI=1S/C54H74ClN11O8S/c1-8-36-32-46(58-52-56-35-43(55)50(60-52)57-44-16-14-41(72-6)33-45(44)61-75(70,71)9-2)48(73-7)34-47(36)65-24-18-39(19-25-65)64-29-26-62(27-30-64)28-31-66(53(69)74-54(3,4)5)40-20-22-63(23-21-40)38-12-10-37(11-13-38)42-15-17-49(67)59-51(42)68/h10-14,16,32-35,39-40,42,61H,8-9,15,17-31H2,1-7H3,(H,59,67,68)(H2,56,57,58,60). The average Bonchev–Trinajstić information content (AvgIpc) is 3.40. The van der Waals surface area contributed by atoms with E-state index in [1.807, 2.05) is 37.8 Å². The summed E-state index contributed by atoms with van der Waals surface area (Å²) in [4.78, 5) is 58.9. The third-order valence-corrected chi connectivity index (χ3v) is 16.3. The predicted octanol–water partition coefficient (Wildman–Crippen LogP) is 7.97. The Balaban J connectivity index is 0.833. The molecule has 21 heteroatoms. The molecule has 0 aliphatic carbocycles. The number of aryl methyl sites for hydroxylation is 1. The molecule has 4 fully saturated rings. The van der Waals surface area contributed by atoms with Crippen molar-refractivity contribution in [3.8, 4) is 11.5 Å². The van der Waals surface area contributed by atoms with Gasteiger partial charge in [0.1, 0.15) is 22.1 Å². The number of nitrogens with zero attached hydrogens (tertiary/aromatic N) is 7. The number of nitrogens with one attached hydrogen (secondary N) is 4. The first-order chi connectivity index (χ1) is 35.9. The van der Waals surface area contributed by atoms with Gasteiger partial charge >= 0.3 is 6.09 Å². The number of carbonyl (C=O) groups excluding carboxylic acids is 3. The van der Waals surface area contributed by atoms with E-state index in [0.29, 0.717) is 48.3 Å². The molecular formula is C54H74ClN11O8S. The van der Waals surface area contributed by atoms with E-state index in [4.69, 9.17) is 25.8 Å². The summed E-state index contributed by atoms with van der Waals surface area (Å²) < 4.78 is 44.9. The maximum Gasteiger partial charge on any atom is 0.410 e. The molecule has 8 rings (SSSR count). The van der Waals surface area contributed by atoms with Crippen LogP contribution >= 0.6 is 11.6 Å². The number of anilines is 7. The third-order valence-electron chi connectivity index (χ3n) is 14.7. The lowest BCUT2D eigenvalue weighted by Crippen LogP contribution is -2.55. The van der Waals surface area contributed by atoms with Crippen LogP contribution in [0.5, 0.6) is 11.5 Å². The summed E-state index contributed by atoms with van der Waals surface area (Å²) in [6.07, 6.45) is 6.66. The Bertz CT molecular complexity index is 2760. The molecule has 406 valence electrons. The Morgan fingerprint density at radius 3 is 2.19 bits per heavy atom. The van der Waals surface area contributed by atoms with E-state index in [1.54, 1.807) is 32.2 Å². The Hall–Kier alpha value is -6.09. The molecule has 0 radical (unpaired) electrons. The first-order valence-electron chi connectivity index (χ1n) is 26.3. The number of aromatic nitrogens is 2. The first-order valence-corrected chi connectivity index (χ1v) is 28.3. The molecule has 0 saturated carbocycles. The molecule has 1 atom stereocenters. The second-order valence-corrected chi connectivity index (χ2v) is 23.1. The summed E-state index contributed by atoms with van der Waals surface area (Å²) in [6, 6.07) is 17.8. The highest BCUT2D eigenvalue weighted by Crippen LogP contribution is 2.39. The number of rotatable bonds is 18. The number of ether oxygens (including phenoxy) is 3. The molecule has 19 nitrogen and oxygen atoms in total. The number of piperidine rings is 3. The van der Waals surface area contributed by atoms with Crippen LogP contribution in [-0.4, -0.2) is 154 Å². The summed E-state index contributed by atoms with van der Waals surface area (Å²) >= 11 is 6.57. The molecule has 0 bridgehead atoms. The normalized spacial score (nSPS) is 18.6. The van der Waals surface area contributed by atoms with Crippen LogP contribution in [-0.2, 0) is 30.8 Å². The number of imide groups is 1. The fraction of sp³-hybridized carbons (Fsp3) is 0.537. The van der Waals surface area contributed by atoms with Gasteiger partial charge in [-0.15, -0.1) is 0 Å². The van der Waals surface area contributed by atoms with Crippen molar-refractivity contribution in [3.63, 3.8) is 0 Å². The van der Waals surface area contributed by atoms with Crippen LogP contribution in [0, 0.1) is 0 Å². The van der Waals surface area contributed by atoms with Crippen molar-refractivity contribution in [2.45, 2.75) is 103 Å². The highest BCUT2D eigenvalue weighted by Gasteiger charge is 2.34. The minimum atomic E-state index is -3.60. The summed E-state index contributed by atoms with van der Waals surface area (Å²) in [5.74, 6) is 0.819. The molecule has 0 spiro atoms. The predicted molar refractivity (Wildman–Crippen MR) is 295 cm³/mol. The van der Waals surface area contributed by atoms with Gasteiger partial charge in [0, 0.05) is 107 Å². The molecule has 4 saturated heterocycles. The van der Waals surface area contributed by atoms with Gasteiger partial charge in [-0.25, -0.2) is 18.2 Å². The number of methoxy groups -OCH3 is 2. The number of piperazine rings is 1. The quantitative estimate of drug-likeness (QED) is 0.0698.